The van der Waals surface area contributed by atoms with Crippen LogP contribution in [0.15, 0.2) is 12.1 Å². The van der Waals surface area contributed by atoms with Crippen molar-refractivity contribution in [2.24, 2.45) is 5.92 Å². The normalized spacial score (nSPS) is 14.8. The van der Waals surface area contributed by atoms with Crippen molar-refractivity contribution in [3.05, 3.63) is 35.1 Å². The summed E-state index contributed by atoms with van der Waals surface area (Å²) in [5, 5.41) is 9.06. The molecule has 20 heavy (non-hydrogen) atoms. The van der Waals surface area contributed by atoms with Gasteiger partial charge in [-0.2, -0.15) is 26.3 Å². The third-order valence-corrected chi connectivity index (χ3v) is 2.36. The molecule has 1 nitrogen and oxygen atoms in total. The van der Waals surface area contributed by atoms with Crippen molar-refractivity contribution in [3.8, 4) is 0 Å². The van der Waals surface area contributed by atoms with Gasteiger partial charge in [-0.25, -0.2) is 13.2 Å². The first-order valence-corrected chi connectivity index (χ1v) is 4.81. The molecule has 0 spiro atoms. The van der Waals surface area contributed by atoms with Gasteiger partial charge in [-0.1, -0.05) is 0 Å². The lowest BCUT2D eigenvalue weighted by Gasteiger charge is -2.27. The van der Waals surface area contributed by atoms with Crippen LogP contribution in [0.4, 0.5) is 39.5 Å². The lowest BCUT2D eigenvalue weighted by atomic mass is 9.93. The Kier molecular flexibility index (Phi) is 4.28. The minimum absolute atomic E-state index is 0.133. The molecule has 0 saturated heterocycles. The zero-order chi connectivity index (χ0) is 15.9. The number of benzene rings is 1. The molecular formula is C10H5F9O. The van der Waals surface area contributed by atoms with E-state index in [9.17, 15) is 39.5 Å². The average Bonchev–Trinajstić information content (AvgIpc) is 2.09. The Bertz CT molecular complexity index is 453. The van der Waals surface area contributed by atoms with Crippen molar-refractivity contribution >= 4 is 0 Å². The SMILES string of the molecule is OC(c1c(F)cc(F)cc1F)C(C(F)(F)F)C(F)(F)F. The zero-order valence-electron chi connectivity index (χ0n) is 9.16. The summed E-state index contributed by atoms with van der Waals surface area (Å²) < 4.78 is 113. The Labute approximate surface area is 105 Å². The maximum atomic E-state index is 13.1. The first-order chi connectivity index (χ1) is 8.85. The van der Waals surface area contributed by atoms with Gasteiger partial charge < -0.3 is 5.11 Å². The van der Waals surface area contributed by atoms with Crippen LogP contribution in [-0.2, 0) is 0 Å². The number of aliphatic hydroxyl groups is 1. The quantitative estimate of drug-likeness (QED) is 0.822. The number of alkyl halides is 6. The molecule has 1 atom stereocenters. The minimum Gasteiger partial charge on any atom is -0.387 e. The molecule has 0 amide bonds. The van der Waals surface area contributed by atoms with Gasteiger partial charge in [0, 0.05) is 12.1 Å². The predicted molar refractivity (Wildman–Crippen MR) is 46.9 cm³/mol. The molecule has 1 rings (SSSR count). The molecule has 1 aromatic carbocycles. The van der Waals surface area contributed by atoms with Crippen molar-refractivity contribution in [1.82, 2.24) is 0 Å². The van der Waals surface area contributed by atoms with Crippen LogP contribution < -0.4 is 0 Å². The van der Waals surface area contributed by atoms with Crippen molar-refractivity contribution in [3.63, 3.8) is 0 Å². The van der Waals surface area contributed by atoms with Crippen LogP contribution in [0.1, 0.15) is 11.7 Å². The molecule has 0 aliphatic carbocycles. The number of hydrogen-bond acceptors (Lipinski definition) is 1. The first kappa shape index (κ1) is 16.6. The van der Waals surface area contributed by atoms with Crippen molar-refractivity contribution in [2.45, 2.75) is 18.5 Å². The highest BCUT2D eigenvalue weighted by atomic mass is 19.4. The highest BCUT2D eigenvalue weighted by Gasteiger charge is 2.61. The van der Waals surface area contributed by atoms with E-state index in [4.69, 9.17) is 5.11 Å². The van der Waals surface area contributed by atoms with Gasteiger partial charge >= 0.3 is 12.4 Å². The van der Waals surface area contributed by atoms with E-state index in [0.717, 1.165) is 0 Å². The maximum Gasteiger partial charge on any atom is 0.403 e. The molecule has 1 aromatic rings. The third-order valence-electron chi connectivity index (χ3n) is 2.36. The smallest absolute Gasteiger partial charge is 0.387 e. The Morgan fingerprint density at radius 2 is 1.15 bits per heavy atom. The van der Waals surface area contributed by atoms with Gasteiger partial charge in [0.2, 0.25) is 0 Å². The lowest BCUT2D eigenvalue weighted by molar-refractivity contribution is -0.308. The number of rotatable bonds is 2. The van der Waals surface area contributed by atoms with E-state index in [-0.39, 0.29) is 12.1 Å². The van der Waals surface area contributed by atoms with E-state index >= 15 is 0 Å². The van der Waals surface area contributed by atoms with E-state index in [2.05, 4.69) is 0 Å². The van der Waals surface area contributed by atoms with Crippen molar-refractivity contribution in [1.29, 1.82) is 0 Å². The van der Waals surface area contributed by atoms with E-state index in [0.29, 0.717) is 0 Å². The van der Waals surface area contributed by atoms with Gasteiger partial charge in [0.15, 0.2) is 5.92 Å². The standard InChI is InChI=1S/C10H5F9O/c11-3-1-4(12)6(5(13)2-3)7(20)8(9(14,15)16)10(17,18)19/h1-2,7-8,20H. The van der Waals surface area contributed by atoms with Crippen LogP contribution in [0.2, 0.25) is 0 Å². The fourth-order valence-corrected chi connectivity index (χ4v) is 1.55. The largest absolute Gasteiger partial charge is 0.403 e. The summed E-state index contributed by atoms with van der Waals surface area (Å²) in [6.45, 7) is 0. The van der Waals surface area contributed by atoms with Gasteiger partial charge in [-0.15, -0.1) is 0 Å². The van der Waals surface area contributed by atoms with E-state index in [1.54, 1.807) is 0 Å². The highest BCUT2D eigenvalue weighted by Crippen LogP contribution is 2.47. The summed E-state index contributed by atoms with van der Waals surface area (Å²) in [6.07, 6.45) is -15.6. The second-order valence-corrected chi connectivity index (χ2v) is 3.79. The second-order valence-electron chi connectivity index (χ2n) is 3.79. The number of aliphatic hydroxyl groups excluding tert-OH is 1. The van der Waals surface area contributed by atoms with E-state index in [1.165, 1.54) is 0 Å². The fourth-order valence-electron chi connectivity index (χ4n) is 1.55. The molecule has 1 unspecified atom stereocenters. The van der Waals surface area contributed by atoms with Gasteiger partial charge in [0.25, 0.3) is 0 Å². The van der Waals surface area contributed by atoms with Crippen LogP contribution in [-0.4, -0.2) is 17.5 Å². The molecule has 0 aromatic heterocycles. The lowest BCUT2D eigenvalue weighted by Crippen LogP contribution is -2.41. The minimum atomic E-state index is -6.00. The van der Waals surface area contributed by atoms with Crippen molar-refractivity contribution < 1.29 is 44.6 Å². The van der Waals surface area contributed by atoms with Crippen LogP contribution >= 0.6 is 0 Å². The molecular weight excluding hydrogens is 307 g/mol. The first-order valence-electron chi connectivity index (χ1n) is 4.81. The van der Waals surface area contributed by atoms with Crippen LogP contribution in [0.25, 0.3) is 0 Å². The molecule has 0 bridgehead atoms. The summed E-state index contributed by atoms with van der Waals surface area (Å²) in [5.74, 6) is -10.0. The summed E-state index contributed by atoms with van der Waals surface area (Å²) in [4.78, 5) is 0. The topological polar surface area (TPSA) is 20.2 Å². The Morgan fingerprint density at radius 3 is 1.45 bits per heavy atom. The van der Waals surface area contributed by atoms with Gasteiger partial charge in [-0.05, 0) is 0 Å². The third kappa shape index (κ3) is 3.35. The van der Waals surface area contributed by atoms with Crippen LogP contribution in [0, 0.1) is 23.4 Å². The van der Waals surface area contributed by atoms with Crippen molar-refractivity contribution in [2.75, 3.05) is 0 Å². The monoisotopic (exact) mass is 312 g/mol. The molecule has 0 aliphatic heterocycles. The molecule has 1 N–H and O–H groups in total. The number of hydrogen-bond donors (Lipinski definition) is 1. The highest BCUT2D eigenvalue weighted by molar-refractivity contribution is 5.24. The molecule has 0 heterocycles. The van der Waals surface area contributed by atoms with Crippen LogP contribution in [0.5, 0.6) is 0 Å². The van der Waals surface area contributed by atoms with Gasteiger partial charge in [0.05, 0.1) is 5.56 Å². The fraction of sp³-hybridized carbons (Fsp3) is 0.400. The average molecular weight is 312 g/mol. The maximum absolute atomic E-state index is 13.1. The Morgan fingerprint density at radius 1 is 0.800 bits per heavy atom. The molecule has 0 saturated carbocycles. The van der Waals surface area contributed by atoms with Gasteiger partial charge in [0.1, 0.15) is 23.6 Å². The molecule has 114 valence electrons. The second kappa shape index (κ2) is 5.15. The van der Waals surface area contributed by atoms with E-state index in [1.807, 2.05) is 0 Å². The summed E-state index contributed by atoms with van der Waals surface area (Å²) in [6, 6.07) is -0.267. The van der Waals surface area contributed by atoms with Crippen LogP contribution in [0.3, 0.4) is 0 Å². The molecule has 10 heteroatoms. The Hall–Kier alpha value is -1.45. The Balaban J connectivity index is 3.38. The summed E-state index contributed by atoms with van der Waals surface area (Å²) in [7, 11) is 0. The van der Waals surface area contributed by atoms with E-state index < -0.39 is 47.4 Å². The molecule has 0 radical (unpaired) electrons. The molecule has 0 aliphatic rings. The van der Waals surface area contributed by atoms with Gasteiger partial charge in [-0.3, -0.25) is 0 Å². The summed E-state index contributed by atoms with van der Waals surface area (Å²) >= 11 is 0. The predicted octanol–water partition coefficient (Wildman–Crippen LogP) is 3.88. The zero-order valence-corrected chi connectivity index (χ0v) is 9.16. The number of halogens is 9. The molecule has 0 fully saturated rings. The summed E-state index contributed by atoms with van der Waals surface area (Å²) in [5.41, 5.74) is -1.90.